The number of aliphatic hydroxyl groups is 1. The van der Waals surface area contributed by atoms with Crippen molar-refractivity contribution in [2.75, 3.05) is 43.6 Å². The van der Waals surface area contributed by atoms with Crippen molar-refractivity contribution < 1.29 is 32.5 Å². The van der Waals surface area contributed by atoms with Gasteiger partial charge < -0.3 is 19.5 Å². The summed E-state index contributed by atoms with van der Waals surface area (Å²) in [4.78, 5) is 21.6. The fourth-order valence-electron chi connectivity index (χ4n) is 3.34. The highest BCUT2D eigenvalue weighted by Crippen LogP contribution is 2.37. The summed E-state index contributed by atoms with van der Waals surface area (Å²) >= 11 is 0. The first kappa shape index (κ1) is 21.8. The van der Waals surface area contributed by atoms with E-state index >= 15 is 0 Å². The Hall–Kier alpha value is -3.45. The number of morpholine rings is 1. The molecule has 4 heterocycles. The summed E-state index contributed by atoms with van der Waals surface area (Å²) in [7, 11) is 1.09. The number of carbonyl (C=O) groups excluding carboxylic acids is 1. The van der Waals surface area contributed by atoms with Crippen molar-refractivity contribution in [1.29, 1.82) is 0 Å². The van der Waals surface area contributed by atoms with Crippen LogP contribution in [-0.4, -0.2) is 64.2 Å². The van der Waals surface area contributed by atoms with Gasteiger partial charge in [0.15, 0.2) is 11.6 Å². The largest absolute Gasteiger partial charge is 0.453 e. The van der Waals surface area contributed by atoms with Crippen molar-refractivity contribution in [1.82, 2.24) is 19.6 Å². The number of rotatable bonds is 4. The molecule has 1 fully saturated rings. The second kappa shape index (κ2) is 8.59. The van der Waals surface area contributed by atoms with Crippen molar-refractivity contribution in [3.05, 3.63) is 35.7 Å². The number of halogens is 3. The molecule has 0 spiro atoms. The van der Waals surface area contributed by atoms with Gasteiger partial charge in [0.2, 0.25) is 0 Å². The van der Waals surface area contributed by atoms with Crippen LogP contribution in [0.3, 0.4) is 0 Å². The molecule has 32 heavy (non-hydrogen) atoms. The standard InChI is InChI=1S/C19H19F3N6O4/c1-31-18(30)24-15-7-13(19(20,21)22)12(8-23-15)16-25-17(27-2-4-32-5-3-27)14-6-11(10-29)9-28(14)26-16/h6-9,29H,2-5,10H2,1H3,(H,23,24,30). The van der Waals surface area contributed by atoms with Crippen molar-refractivity contribution in [2.24, 2.45) is 0 Å². The monoisotopic (exact) mass is 452 g/mol. The molecule has 0 saturated carbocycles. The maximum atomic E-state index is 13.9. The zero-order valence-electron chi connectivity index (χ0n) is 16.9. The number of pyridine rings is 1. The molecule has 170 valence electrons. The topological polar surface area (TPSA) is 114 Å². The van der Waals surface area contributed by atoms with Gasteiger partial charge in [-0.2, -0.15) is 13.2 Å². The van der Waals surface area contributed by atoms with E-state index in [9.17, 15) is 23.1 Å². The van der Waals surface area contributed by atoms with Crippen LogP contribution >= 0.6 is 0 Å². The third-order valence-electron chi connectivity index (χ3n) is 4.86. The lowest BCUT2D eigenvalue weighted by Gasteiger charge is -2.28. The highest BCUT2D eigenvalue weighted by atomic mass is 19.4. The van der Waals surface area contributed by atoms with Crippen molar-refractivity contribution in [3.63, 3.8) is 0 Å². The summed E-state index contributed by atoms with van der Waals surface area (Å²) in [6.45, 7) is 1.63. The lowest BCUT2D eigenvalue weighted by atomic mass is 10.1. The first-order chi connectivity index (χ1) is 15.3. The van der Waals surface area contributed by atoms with Gasteiger partial charge in [-0.05, 0) is 17.7 Å². The minimum absolute atomic E-state index is 0.205. The average Bonchev–Trinajstić information content (AvgIpc) is 3.21. The Balaban J connectivity index is 1.87. The molecule has 10 nitrogen and oxygen atoms in total. The fourth-order valence-corrected chi connectivity index (χ4v) is 3.34. The second-order valence-electron chi connectivity index (χ2n) is 6.92. The van der Waals surface area contributed by atoms with Crippen LogP contribution in [-0.2, 0) is 22.3 Å². The Kier molecular flexibility index (Phi) is 5.84. The lowest BCUT2D eigenvalue weighted by Crippen LogP contribution is -2.37. The predicted octanol–water partition coefficient (Wildman–Crippen LogP) is 2.32. The average molecular weight is 452 g/mol. The van der Waals surface area contributed by atoms with Crippen molar-refractivity contribution in [3.8, 4) is 11.4 Å². The first-order valence-electron chi connectivity index (χ1n) is 9.55. The molecule has 3 aromatic rings. The molecule has 0 aliphatic carbocycles. The quantitative estimate of drug-likeness (QED) is 0.620. The number of alkyl halides is 3. The lowest BCUT2D eigenvalue weighted by molar-refractivity contribution is -0.137. The van der Waals surface area contributed by atoms with Crippen LogP contribution in [0, 0.1) is 0 Å². The van der Waals surface area contributed by atoms with Crippen LogP contribution in [0.25, 0.3) is 16.9 Å². The number of carbonyl (C=O) groups is 1. The van der Waals surface area contributed by atoms with Crippen molar-refractivity contribution >= 4 is 23.2 Å². The molecule has 1 saturated heterocycles. The van der Waals surface area contributed by atoms with E-state index in [0.29, 0.717) is 49.3 Å². The molecule has 1 amide bonds. The summed E-state index contributed by atoms with van der Waals surface area (Å²) in [6.07, 6.45) is -3.24. The SMILES string of the molecule is COC(=O)Nc1cc(C(F)(F)F)c(-c2nc(N3CCOCC3)c3cc(CO)cn3n2)cn1. The smallest absolute Gasteiger partial charge is 0.417 e. The van der Waals surface area contributed by atoms with Gasteiger partial charge in [0.05, 0.1) is 38.1 Å². The Bertz CT molecular complexity index is 1140. The van der Waals surface area contributed by atoms with Gasteiger partial charge in [-0.25, -0.2) is 19.3 Å². The van der Waals surface area contributed by atoms with Crippen LogP contribution in [0.5, 0.6) is 0 Å². The molecule has 0 radical (unpaired) electrons. The molecule has 4 rings (SSSR count). The van der Waals surface area contributed by atoms with Gasteiger partial charge in [-0.3, -0.25) is 5.32 Å². The number of nitrogens with one attached hydrogen (secondary N) is 1. The third-order valence-corrected chi connectivity index (χ3v) is 4.86. The van der Waals surface area contributed by atoms with Gasteiger partial charge in [-0.1, -0.05) is 0 Å². The highest BCUT2D eigenvalue weighted by Gasteiger charge is 2.36. The minimum atomic E-state index is -4.77. The van der Waals surface area contributed by atoms with Crippen molar-refractivity contribution in [2.45, 2.75) is 12.8 Å². The van der Waals surface area contributed by atoms with Crippen LogP contribution < -0.4 is 10.2 Å². The Morgan fingerprint density at radius 1 is 1.31 bits per heavy atom. The molecule has 1 aliphatic rings. The molecule has 0 atom stereocenters. The third kappa shape index (κ3) is 4.29. The normalized spacial score (nSPS) is 14.6. The number of ether oxygens (including phenoxy) is 2. The molecular weight excluding hydrogens is 433 g/mol. The maximum Gasteiger partial charge on any atom is 0.417 e. The van der Waals surface area contributed by atoms with Gasteiger partial charge in [0.1, 0.15) is 11.3 Å². The molecule has 0 aromatic carbocycles. The molecular formula is C19H19F3N6O4. The number of methoxy groups -OCH3 is 1. The molecule has 0 unspecified atom stereocenters. The summed E-state index contributed by atoms with van der Waals surface area (Å²) < 4.78 is 52.7. The number of amides is 1. The van der Waals surface area contributed by atoms with E-state index in [2.05, 4.69) is 25.1 Å². The number of fused-ring (bicyclic) bond motifs is 1. The van der Waals surface area contributed by atoms with Crippen LogP contribution in [0.1, 0.15) is 11.1 Å². The summed E-state index contributed by atoms with van der Waals surface area (Å²) in [5.41, 5.74) is -0.341. The van der Waals surface area contributed by atoms with E-state index in [1.165, 1.54) is 10.7 Å². The van der Waals surface area contributed by atoms with E-state index in [1.807, 2.05) is 4.90 Å². The molecule has 1 aliphatic heterocycles. The van der Waals surface area contributed by atoms with Gasteiger partial charge in [0.25, 0.3) is 0 Å². The zero-order valence-corrected chi connectivity index (χ0v) is 16.9. The number of nitrogens with zero attached hydrogens (tertiary/aromatic N) is 5. The van der Waals surface area contributed by atoms with Crippen LogP contribution in [0.4, 0.5) is 29.6 Å². The molecule has 13 heteroatoms. The Labute approximate surface area is 179 Å². The molecule has 0 bridgehead atoms. The van der Waals surface area contributed by atoms with Gasteiger partial charge >= 0.3 is 12.3 Å². The number of aliphatic hydroxyl groups excluding tert-OH is 1. The summed E-state index contributed by atoms with van der Waals surface area (Å²) in [6, 6.07) is 2.38. The number of hydrogen-bond acceptors (Lipinski definition) is 8. The molecule has 3 aromatic heterocycles. The van der Waals surface area contributed by atoms with E-state index in [1.54, 1.807) is 6.07 Å². The first-order valence-corrected chi connectivity index (χ1v) is 9.55. The molecule has 2 N–H and O–H groups in total. The van der Waals surface area contributed by atoms with E-state index in [0.717, 1.165) is 13.3 Å². The predicted molar refractivity (Wildman–Crippen MR) is 106 cm³/mol. The van der Waals surface area contributed by atoms with Crippen LogP contribution in [0.2, 0.25) is 0 Å². The number of hydrogen-bond donors (Lipinski definition) is 2. The Morgan fingerprint density at radius 2 is 2.06 bits per heavy atom. The maximum absolute atomic E-state index is 13.9. The number of anilines is 2. The van der Waals surface area contributed by atoms with Gasteiger partial charge in [0, 0.05) is 25.5 Å². The van der Waals surface area contributed by atoms with E-state index < -0.39 is 17.8 Å². The highest BCUT2D eigenvalue weighted by molar-refractivity contribution is 5.84. The second-order valence-corrected chi connectivity index (χ2v) is 6.92. The summed E-state index contributed by atoms with van der Waals surface area (Å²) in [5.74, 6) is -0.114. The van der Waals surface area contributed by atoms with Crippen LogP contribution in [0.15, 0.2) is 24.5 Å². The summed E-state index contributed by atoms with van der Waals surface area (Å²) in [5, 5.41) is 15.9. The van der Waals surface area contributed by atoms with E-state index in [4.69, 9.17) is 4.74 Å². The van der Waals surface area contributed by atoms with E-state index in [-0.39, 0.29) is 23.8 Å². The Morgan fingerprint density at radius 3 is 2.72 bits per heavy atom. The fraction of sp³-hybridized carbons (Fsp3) is 0.368. The minimum Gasteiger partial charge on any atom is -0.453 e. The van der Waals surface area contributed by atoms with Gasteiger partial charge in [-0.15, -0.1) is 5.10 Å². The number of aromatic nitrogens is 4. The zero-order chi connectivity index (χ0) is 22.9.